The Hall–Kier alpha value is -0.770. The molecular formula is C11H22N4. The second kappa shape index (κ2) is 5.35. The van der Waals surface area contributed by atoms with Crippen molar-refractivity contribution in [3.63, 3.8) is 0 Å². The second-order valence-corrected chi connectivity index (χ2v) is 4.57. The molecule has 0 bridgehead atoms. The number of aliphatic imine (C=N–C) groups is 1. The van der Waals surface area contributed by atoms with Gasteiger partial charge >= 0.3 is 0 Å². The lowest BCUT2D eigenvalue weighted by molar-refractivity contribution is 0.364. The van der Waals surface area contributed by atoms with E-state index >= 15 is 0 Å². The third kappa shape index (κ3) is 3.09. The summed E-state index contributed by atoms with van der Waals surface area (Å²) in [7, 11) is 2.12. The number of nitrogens with one attached hydrogen (secondary N) is 2. The maximum absolute atomic E-state index is 4.51. The molecule has 4 nitrogen and oxygen atoms in total. The van der Waals surface area contributed by atoms with E-state index < -0.39 is 0 Å². The van der Waals surface area contributed by atoms with Crippen LogP contribution in [0.25, 0.3) is 0 Å². The zero-order valence-corrected chi connectivity index (χ0v) is 9.63. The number of piperidine rings is 1. The number of guanidine groups is 1. The number of nitrogens with zero attached hydrogens (tertiary/aromatic N) is 2. The highest BCUT2D eigenvalue weighted by Gasteiger charge is 2.15. The Morgan fingerprint density at radius 3 is 3.20 bits per heavy atom. The van der Waals surface area contributed by atoms with Crippen molar-refractivity contribution in [3.05, 3.63) is 0 Å². The summed E-state index contributed by atoms with van der Waals surface area (Å²) in [6, 6.07) is 0. The van der Waals surface area contributed by atoms with Crippen LogP contribution >= 0.6 is 0 Å². The zero-order chi connectivity index (χ0) is 10.5. The van der Waals surface area contributed by atoms with Gasteiger partial charge in [-0.3, -0.25) is 4.99 Å². The summed E-state index contributed by atoms with van der Waals surface area (Å²) in [6.45, 7) is 5.53. The molecule has 1 unspecified atom stereocenters. The van der Waals surface area contributed by atoms with Crippen molar-refractivity contribution in [2.45, 2.75) is 19.3 Å². The van der Waals surface area contributed by atoms with Gasteiger partial charge in [0.05, 0.1) is 0 Å². The lowest BCUT2D eigenvalue weighted by Gasteiger charge is -2.29. The van der Waals surface area contributed by atoms with Crippen LogP contribution in [0.5, 0.6) is 0 Å². The molecule has 0 radical (unpaired) electrons. The maximum atomic E-state index is 4.51. The minimum absolute atomic E-state index is 0.775. The van der Waals surface area contributed by atoms with Gasteiger partial charge in [-0.2, -0.15) is 0 Å². The monoisotopic (exact) mass is 210 g/mol. The van der Waals surface area contributed by atoms with Crippen LogP contribution in [-0.4, -0.2) is 50.6 Å². The first-order chi connectivity index (χ1) is 7.36. The molecular weight excluding hydrogens is 188 g/mol. The summed E-state index contributed by atoms with van der Waals surface area (Å²) in [4.78, 5) is 6.73. The number of rotatable bonds is 2. The molecule has 4 heteroatoms. The highest BCUT2D eigenvalue weighted by Crippen LogP contribution is 2.08. The Kier molecular flexibility index (Phi) is 3.83. The van der Waals surface area contributed by atoms with Crippen molar-refractivity contribution in [1.82, 2.24) is 15.5 Å². The molecule has 2 N–H and O–H groups in total. The van der Waals surface area contributed by atoms with Crippen LogP contribution in [-0.2, 0) is 0 Å². The summed E-state index contributed by atoms with van der Waals surface area (Å²) in [5, 5.41) is 6.92. The molecule has 1 atom stereocenters. The highest BCUT2D eigenvalue weighted by molar-refractivity contribution is 5.80. The van der Waals surface area contributed by atoms with Gasteiger partial charge in [-0.25, -0.2) is 0 Å². The molecule has 0 spiro atoms. The van der Waals surface area contributed by atoms with E-state index in [1.165, 1.54) is 25.8 Å². The predicted molar refractivity (Wildman–Crippen MR) is 63.1 cm³/mol. The van der Waals surface area contributed by atoms with Crippen molar-refractivity contribution >= 4 is 5.96 Å². The number of hydrogen-bond acceptors (Lipinski definition) is 4. The minimum Gasteiger partial charge on any atom is -0.356 e. The van der Waals surface area contributed by atoms with Gasteiger partial charge in [0.1, 0.15) is 0 Å². The molecule has 2 aliphatic heterocycles. The smallest absolute Gasteiger partial charge is 0.193 e. The van der Waals surface area contributed by atoms with E-state index in [1.54, 1.807) is 0 Å². The average Bonchev–Trinajstić information content (AvgIpc) is 2.29. The Morgan fingerprint density at radius 2 is 2.47 bits per heavy atom. The fourth-order valence-corrected chi connectivity index (χ4v) is 2.24. The van der Waals surface area contributed by atoms with Gasteiger partial charge in [0, 0.05) is 26.7 Å². The molecule has 2 aliphatic rings. The Morgan fingerprint density at radius 1 is 1.53 bits per heavy atom. The standard InChI is InChI=1S/C11H22N4/c1-15-7-3-6-13-11(15)14-9-10-4-2-5-12-8-10/h10,12H,2-9H2,1H3,(H,13,14). The van der Waals surface area contributed by atoms with E-state index in [-0.39, 0.29) is 0 Å². The first-order valence-corrected chi connectivity index (χ1v) is 6.06. The molecule has 2 rings (SSSR count). The summed E-state index contributed by atoms with van der Waals surface area (Å²) < 4.78 is 0. The van der Waals surface area contributed by atoms with Crippen molar-refractivity contribution in [3.8, 4) is 0 Å². The highest BCUT2D eigenvalue weighted by atomic mass is 15.3. The molecule has 15 heavy (non-hydrogen) atoms. The molecule has 0 aromatic carbocycles. The molecule has 1 saturated heterocycles. The molecule has 0 amide bonds. The molecule has 0 aromatic heterocycles. The van der Waals surface area contributed by atoms with Crippen LogP contribution in [0.3, 0.4) is 0 Å². The molecule has 0 aliphatic carbocycles. The lowest BCUT2D eigenvalue weighted by Crippen LogP contribution is -2.45. The fraction of sp³-hybridized carbons (Fsp3) is 0.909. The first kappa shape index (κ1) is 10.7. The summed E-state index contributed by atoms with van der Waals surface area (Å²) >= 11 is 0. The van der Waals surface area contributed by atoms with E-state index in [1.807, 2.05) is 0 Å². The Labute approximate surface area is 92.1 Å². The average molecular weight is 210 g/mol. The van der Waals surface area contributed by atoms with Crippen LogP contribution in [0.1, 0.15) is 19.3 Å². The molecule has 1 fully saturated rings. The molecule has 2 heterocycles. The molecule has 0 aromatic rings. The fourth-order valence-electron chi connectivity index (χ4n) is 2.24. The topological polar surface area (TPSA) is 39.7 Å². The lowest BCUT2D eigenvalue weighted by atomic mass is 10.00. The van der Waals surface area contributed by atoms with E-state index in [0.717, 1.165) is 38.1 Å². The largest absolute Gasteiger partial charge is 0.356 e. The maximum Gasteiger partial charge on any atom is 0.193 e. The zero-order valence-electron chi connectivity index (χ0n) is 9.63. The normalized spacial score (nSPS) is 27.4. The Balaban J connectivity index is 1.74. The van der Waals surface area contributed by atoms with Crippen molar-refractivity contribution in [2.75, 3.05) is 39.8 Å². The van der Waals surface area contributed by atoms with Gasteiger partial charge < -0.3 is 15.5 Å². The van der Waals surface area contributed by atoms with Crippen molar-refractivity contribution in [2.24, 2.45) is 10.9 Å². The third-order valence-corrected chi connectivity index (χ3v) is 3.22. The first-order valence-electron chi connectivity index (χ1n) is 6.06. The van der Waals surface area contributed by atoms with Crippen LogP contribution in [0.4, 0.5) is 0 Å². The minimum atomic E-state index is 0.775. The summed E-state index contributed by atoms with van der Waals surface area (Å²) in [6.07, 6.45) is 3.85. The van der Waals surface area contributed by atoms with Crippen molar-refractivity contribution in [1.29, 1.82) is 0 Å². The van der Waals surface area contributed by atoms with Crippen LogP contribution < -0.4 is 10.6 Å². The van der Waals surface area contributed by atoms with E-state index in [9.17, 15) is 0 Å². The molecule has 86 valence electrons. The summed E-state index contributed by atoms with van der Waals surface area (Å²) in [5.74, 6) is 1.86. The molecule has 0 saturated carbocycles. The van der Waals surface area contributed by atoms with Crippen LogP contribution in [0.2, 0.25) is 0 Å². The van der Waals surface area contributed by atoms with E-state index in [4.69, 9.17) is 0 Å². The predicted octanol–water partition coefficient (Wildman–Crippen LogP) is 0.267. The van der Waals surface area contributed by atoms with Gasteiger partial charge in [-0.1, -0.05) is 0 Å². The Bertz CT molecular complexity index is 221. The van der Waals surface area contributed by atoms with Crippen molar-refractivity contribution < 1.29 is 0 Å². The van der Waals surface area contributed by atoms with Crippen LogP contribution in [0, 0.1) is 5.92 Å². The van der Waals surface area contributed by atoms with Gasteiger partial charge in [0.15, 0.2) is 5.96 Å². The van der Waals surface area contributed by atoms with Gasteiger partial charge in [-0.15, -0.1) is 0 Å². The summed E-state index contributed by atoms with van der Waals surface area (Å²) in [5.41, 5.74) is 0. The third-order valence-electron chi connectivity index (χ3n) is 3.22. The second-order valence-electron chi connectivity index (χ2n) is 4.57. The van der Waals surface area contributed by atoms with E-state index in [2.05, 4.69) is 27.6 Å². The quantitative estimate of drug-likeness (QED) is 0.687. The SMILES string of the molecule is CN1CCCN=C1NCC1CCCNC1. The van der Waals surface area contributed by atoms with E-state index in [0.29, 0.717) is 0 Å². The van der Waals surface area contributed by atoms with Gasteiger partial charge in [-0.05, 0) is 38.3 Å². The van der Waals surface area contributed by atoms with Crippen LogP contribution in [0.15, 0.2) is 4.99 Å². The van der Waals surface area contributed by atoms with Gasteiger partial charge in [0.2, 0.25) is 0 Å². The number of hydrogen-bond donors (Lipinski definition) is 2. The van der Waals surface area contributed by atoms with Gasteiger partial charge in [0.25, 0.3) is 0 Å².